The second-order valence-electron chi connectivity index (χ2n) is 6.31. The Bertz CT molecular complexity index is 759. The first-order valence-corrected chi connectivity index (χ1v) is 8.30. The summed E-state index contributed by atoms with van der Waals surface area (Å²) in [6.45, 7) is 0.326. The Morgan fingerprint density at radius 2 is 1.92 bits per heavy atom. The van der Waals surface area contributed by atoms with Gasteiger partial charge in [-0.05, 0) is 24.0 Å². The lowest BCUT2D eigenvalue weighted by Crippen LogP contribution is -2.33. The van der Waals surface area contributed by atoms with Crippen molar-refractivity contribution in [2.75, 3.05) is 0 Å². The number of rotatable bonds is 7. The first-order chi connectivity index (χ1) is 12.0. The standard InChI is InChI=1S/C19H20N2O4/c22-18(15-6-2-1-3-7-15)12-19(23)20(16-9-10-16)13-14-5-4-8-17(11-14)21(24)25/h1-8,11,16,18,22H,9-10,12-13H2. The average molecular weight is 340 g/mol. The van der Waals surface area contributed by atoms with E-state index in [9.17, 15) is 20.0 Å². The molecule has 0 radical (unpaired) electrons. The van der Waals surface area contributed by atoms with Crippen molar-refractivity contribution in [2.24, 2.45) is 0 Å². The molecule has 0 bridgehead atoms. The second-order valence-corrected chi connectivity index (χ2v) is 6.31. The molecule has 1 fully saturated rings. The number of non-ortho nitro benzene ring substituents is 1. The van der Waals surface area contributed by atoms with E-state index in [1.165, 1.54) is 12.1 Å². The molecule has 1 atom stereocenters. The summed E-state index contributed by atoms with van der Waals surface area (Å²) >= 11 is 0. The summed E-state index contributed by atoms with van der Waals surface area (Å²) in [5.41, 5.74) is 1.45. The van der Waals surface area contributed by atoms with Gasteiger partial charge in [0.2, 0.25) is 5.91 Å². The Morgan fingerprint density at radius 3 is 2.56 bits per heavy atom. The molecular formula is C19H20N2O4. The van der Waals surface area contributed by atoms with E-state index in [0.29, 0.717) is 12.1 Å². The van der Waals surface area contributed by atoms with Gasteiger partial charge in [0.25, 0.3) is 5.69 Å². The number of amides is 1. The Balaban J connectivity index is 1.70. The Labute approximate surface area is 145 Å². The van der Waals surface area contributed by atoms with E-state index in [4.69, 9.17) is 0 Å². The fourth-order valence-corrected chi connectivity index (χ4v) is 2.85. The molecule has 0 aliphatic heterocycles. The molecule has 1 N–H and O–H groups in total. The summed E-state index contributed by atoms with van der Waals surface area (Å²) in [5.74, 6) is -0.134. The number of aliphatic hydroxyl groups is 1. The number of aliphatic hydroxyl groups excluding tert-OH is 1. The molecule has 0 aromatic heterocycles. The smallest absolute Gasteiger partial charge is 0.269 e. The molecule has 1 aliphatic rings. The van der Waals surface area contributed by atoms with Gasteiger partial charge in [0.1, 0.15) is 0 Å². The zero-order chi connectivity index (χ0) is 17.8. The molecule has 1 saturated carbocycles. The molecule has 1 aliphatic carbocycles. The Kier molecular flexibility index (Phi) is 5.09. The predicted molar refractivity (Wildman–Crippen MR) is 92.7 cm³/mol. The first kappa shape index (κ1) is 17.1. The van der Waals surface area contributed by atoms with Crippen LogP contribution in [0.4, 0.5) is 5.69 Å². The van der Waals surface area contributed by atoms with Gasteiger partial charge in [-0.3, -0.25) is 14.9 Å². The van der Waals surface area contributed by atoms with E-state index in [1.807, 2.05) is 18.2 Å². The number of hydrogen-bond acceptors (Lipinski definition) is 4. The van der Waals surface area contributed by atoms with Crippen molar-refractivity contribution in [3.63, 3.8) is 0 Å². The number of nitro groups is 1. The van der Waals surface area contributed by atoms with Crippen molar-refractivity contribution in [1.82, 2.24) is 4.90 Å². The van der Waals surface area contributed by atoms with Crippen LogP contribution in [0, 0.1) is 10.1 Å². The summed E-state index contributed by atoms with van der Waals surface area (Å²) in [6, 6.07) is 15.6. The summed E-state index contributed by atoms with van der Waals surface area (Å²) in [7, 11) is 0. The minimum absolute atomic E-state index is 0.00937. The quantitative estimate of drug-likeness (QED) is 0.619. The van der Waals surface area contributed by atoms with Crippen LogP contribution in [0.3, 0.4) is 0 Å². The third-order valence-corrected chi connectivity index (χ3v) is 4.33. The van der Waals surface area contributed by atoms with Gasteiger partial charge in [-0.2, -0.15) is 0 Å². The lowest BCUT2D eigenvalue weighted by Gasteiger charge is -2.24. The van der Waals surface area contributed by atoms with Crippen molar-refractivity contribution in [1.29, 1.82) is 0 Å². The zero-order valence-electron chi connectivity index (χ0n) is 13.7. The Hall–Kier alpha value is -2.73. The second kappa shape index (κ2) is 7.44. The molecule has 6 nitrogen and oxygen atoms in total. The maximum Gasteiger partial charge on any atom is 0.269 e. The SMILES string of the molecule is O=C(CC(O)c1ccccc1)N(Cc1cccc([N+](=O)[O-])c1)C1CC1. The third-order valence-electron chi connectivity index (χ3n) is 4.33. The van der Waals surface area contributed by atoms with Gasteiger partial charge < -0.3 is 10.0 Å². The largest absolute Gasteiger partial charge is 0.388 e. The third kappa shape index (κ3) is 4.42. The van der Waals surface area contributed by atoms with Crippen LogP contribution in [-0.2, 0) is 11.3 Å². The van der Waals surface area contributed by atoms with Gasteiger partial charge in [0.15, 0.2) is 0 Å². The van der Waals surface area contributed by atoms with Gasteiger partial charge >= 0.3 is 0 Å². The van der Waals surface area contributed by atoms with Crippen LogP contribution in [0.25, 0.3) is 0 Å². The van der Waals surface area contributed by atoms with Gasteiger partial charge in [0.05, 0.1) is 17.4 Å². The van der Waals surface area contributed by atoms with Gasteiger partial charge in [-0.15, -0.1) is 0 Å². The van der Waals surface area contributed by atoms with Crippen LogP contribution in [-0.4, -0.2) is 26.9 Å². The number of carbonyl (C=O) groups is 1. The van der Waals surface area contributed by atoms with Crippen LogP contribution in [0.5, 0.6) is 0 Å². The minimum Gasteiger partial charge on any atom is -0.388 e. The molecular weight excluding hydrogens is 320 g/mol. The highest BCUT2D eigenvalue weighted by Gasteiger charge is 2.33. The average Bonchev–Trinajstić information content (AvgIpc) is 3.45. The highest BCUT2D eigenvalue weighted by atomic mass is 16.6. The normalized spacial score (nSPS) is 14.8. The maximum absolute atomic E-state index is 12.7. The fourth-order valence-electron chi connectivity index (χ4n) is 2.85. The van der Waals surface area contributed by atoms with Crippen LogP contribution in [0.15, 0.2) is 54.6 Å². The predicted octanol–water partition coefficient (Wildman–Crippen LogP) is 3.21. The molecule has 25 heavy (non-hydrogen) atoms. The van der Waals surface area contributed by atoms with Crippen LogP contribution in [0.1, 0.15) is 36.5 Å². The van der Waals surface area contributed by atoms with E-state index >= 15 is 0 Å². The minimum atomic E-state index is -0.847. The molecule has 130 valence electrons. The number of nitrogens with zero attached hydrogens (tertiary/aromatic N) is 2. The van der Waals surface area contributed by atoms with Gasteiger partial charge in [0, 0.05) is 24.7 Å². The van der Waals surface area contributed by atoms with E-state index < -0.39 is 11.0 Å². The lowest BCUT2D eigenvalue weighted by molar-refractivity contribution is -0.384. The van der Waals surface area contributed by atoms with Gasteiger partial charge in [-0.1, -0.05) is 42.5 Å². The molecule has 0 heterocycles. The number of carbonyl (C=O) groups excluding carboxylic acids is 1. The molecule has 1 unspecified atom stereocenters. The molecule has 0 spiro atoms. The van der Waals surface area contributed by atoms with Crippen LogP contribution in [0.2, 0.25) is 0 Å². The molecule has 1 amide bonds. The van der Waals surface area contributed by atoms with Crippen molar-refractivity contribution in [2.45, 2.75) is 38.0 Å². The maximum atomic E-state index is 12.7. The van der Waals surface area contributed by atoms with Crippen molar-refractivity contribution in [3.8, 4) is 0 Å². The number of benzene rings is 2. The molecule has 2 aromatic rings. The lowest BCUT2D eigenvalue weighted by atomic mass is 10.1. The molecule has 3 rings (SSSR count). The van der Waals surface area contributed by atoms with Gasteiger partial charge in [-0.25, -0.2) is 0 Å². The highest BCUT2D eigenvalue weighted by molar-refractivity contribution is 5.77. The van der Waals surface area contributed by atoms with Crippen LogP contribution >= 0.6 is 0 Å². The van der Waals surface area contributed by atoms with E-state index in [0.717, 1.165) is 18.4 Å². The Morgan fingerprint density at radius 1 is 1.20 bits per heavy atom. The zero-order valence-corrected chi connectivity index (χ0v) is 13.7. The molecule has 2 aromatic carbocycles. The molecule has 6 heteroatoms. The summed E-state index contributed by atoms with van der Waals surface area (Å²) < 4.78 is 0. The van der Waals surface area contributed by atoms with Crippen molar-refractivity contribution in [3.05, 3.63) is 75.8 Å². The summed E-state index contributed by atoms with van der Waals surface area (Å²) in [5, 5.41) is 21.2. The highest BCUT2D eigenvalue weighted by Crippen LogP contribution is 2.31. The number of hydrogen-bond donors (Lipinski definition) is 1. The number of nitro benzene ring substituents is 1. The molecule has 0 saturated heterocycles. The fraction of sp³-hybridized carbons (Fsp3) is 0.316. The van der Waals surface area contributed by atoms with Crippen molar-refractivity contribution >= 4 is 11.6 Å². The first-order valence-electron chi connectivity index (χ1n) is 8.30. The summed E-state index contributed by atoms with van der Waals surface area (Å²) in [4.78, 5) is 24.9. The van der Waals surface area contributed by atoms with E-state index in [1.54, 1.807) is 29.2 Å². The monoisotopic (exact) mass is 340 g/mol. The van der Waals surface area contributed by atoms with Crippen LogP contribution < -0.4 is 0 Å². The van der Waals surface area contributed by atoms with E-state index in [2.05, 4.69) is 0 Å². The van der Waals surface area contributed by atoms with Crippen molar-refractivity contribution < 1.29 is 14.8 Å². The topological polar surface area (TPSA) is 83.7 Å². The summed E-state index contributed by atoms with van der Waals surface area (Å²) in [6.07, 6.45) is 1.03. The van der Waals surface area contributed by atoms with E-state index in [-0.39, 0.29) is 24.1 Å².